The van der Waals surface area contributed by atoms with Crippen LogP contribution in [0, 0.1) is 34.5 Å². The van der Waals surface area contributed by atoms with Gasteiger partial charge in [0.15, 0.2) is 5.82 Å². The number of aryl methyl sites for hydroxylation is 1. The minimum absolute atomic E-state index is 0.0943. The number of amides is 1. The number of rotatable bonds is 2. The molecule has 0 spiro atoms. The van der Waals surface area contributed by atoms with E-state index in [0.29, 0.717) is 11.4 Å². The Morgan fingerprint density at radius 1 is 1.33 bits per heavy atom. The molecule has 1 N–H and O–H groups in total. The van der Waals surface area contributed by atoms with Crippen molar-refractivity contribution in [2.45, 2.75) is 38.5 Å². The molecule has 110 valence electrons. The van der Waals surface area contributed by atoms with Crippen LogP contribution in [0.4, 0.5) is 5.82 Å². The quantitative estimate of drug-likeness (QED) is 0.906. The number of nitriles is 1. The van der Waals surface area contributed by atoms with Crippen LogP contribution in [0.5, 0.6) is 0 Å². The van der Waals surface area contributed by atoms with E-state index in [1.165, 1.54) is 19.3 Å². The molecule has 5 rings (SSSR count). The summed E-state index contributed by atoms with van der Waals surface area (Å²) in [5.74, 6) is 2.72. The molecular formula is C16H20N4O. The number of carbonyl (C=O) groups excluding carboxylic acids is 1. The molecule has 5 nitrogen and oxygen atoms in total. The van der Waals surface area contributed by atoms with Gasteiger partial charge in [0.1, 0.15) is 11.6 Å². The zero-order valence-corrected chi connectivity index (χ0v) is 12.3. The lowest BCUT2D eigenvalue weighted by Gasteiger charge is -2.55. The number of anilines is 1. The number of aromatic nitrogens is 2. The number of nitrogens with zero attached hydrogens (tertiary/aromatic N) is 3. The Morgan fingerprint density at radius 3 is 2.43 bits per heavy atom. The van der Waals surface area contributed by atoms with Crippen molar-refractivity contribution >= 4 is 11.7 Å². The maximum Gasteiger partial charge on any atom is 0.231 e. The van der Waals surface area contributed by atoms with Crippen LogP contribution >= 0.6 is 0 Å². The van der Waals surface area contributed by atoms with E-state index in [4.69, 9.17) is 5.26 Å². The highest BCUT2D eigenvalue weighted by atomic mass is 16.2. The van der Waals surface area contributed by atoms with Crippen LogP contribution in [0.25, 0.3) is 0 Å². The van der Waals surface area contributed by atoms with Crippen molar-refractivity contribution in [3.05, 3.63) is 11.8 Å². The van der Waals surface area contributed by atoms with E-state index in [1.54, 1.807) is 17.9 Å². The van der Waals surface area contributed by atoms with Gasteiger partial charge >= 0.3 is 0 Å². The number of carbonyl (C=O) groups is 1. The molecule has 0 aromatic carbocycles. The molecule has 5 heteroatoms. The molecule has 1 heterocycles. The van der Waals surface area contributed by atoms with E-state index >= 15 is 0 Å². The summed E-state index contributed by atoms with van der Waals surface area (Å²) in [6.45, 7) is 0. The highest BCUT2D eigenvalue weighted by Gasteiger charge is 2.54. The lowest BCUT2D eigenvalue weighted by molar-refractivity contribution is -0.140. The fourth-order valence-corrected chi connectivity index (χ4v) is 5.29. The Labute approximate surface area is 124 Å². The van der Waals surface area contributed by atoms with Crippen molar-refractivity contribution in [2.24, 2.45) is 30.2 Å². The summed E-state index contributed by atoms with van der Waals surface area (Å²) in [7, 11) is 1.77. The number of hydrogen-bond donors (Lipinski definition) is 1. The van der Waals surface area contributed by atoms with Crippen LogP contribution in [-0.2, 0) is 11.8 Å². The molecule has 0 radical (unpaired) electrons. The summed E-state index contributed by atoms with van der Waals surface area (Å²) in [4.78, 5) is 12.9. The third kappa shape index (κ3) is 1.97. The molecule has 21 heavy (non-hydrogen) atoms. The smallest absolute Gasteiger partial charge is 0.231 e. The minimum atomic E-state index is -0.195. The largest absolute Gasteiger partial charge is 0.308 e. The van der Waals surface area contributed by atoms with Crippen molar-refractivity contribution in [3.8, 4) is 6.07 Å². The minimum Gasteiger partial charge on any atom is -0.308 e. The second-order valence-corrected chi connectivity index (χ2v) is 7.33. The number of nitrogens with one attached hydrogen (secondary N) is 1. The zero-order valence-electron chi connectivity index (χ0n) is 12.3. The summed E-state index contributed by atoms with van der Waals surface area (Å²) in [6.07, 6.45) is 8.69. The standard InChI is InChI=1S/C16H20N4O/c1-20-9-13(8-17)14(19-20)18-15(21)16-5-10-2-11(6-16)4-12(3-10)7-16/h9-12H,2-7H2,1H3,(H,18,19,21). The third-order valence-electron chi connectivity index (χ3n) is 5.70. The Bertz CT molecular complexity index is 604. The van der Waals surface area contributed by atoms with Gasteiger partial charge in [-0.1, -0.05) is 0 Å². The van der Waals surface area contributed by atoms with Gasteiger partial charge in [-0.2, -0.15) is 10.4 Å². The summed E-state index contributed by atoms with van der Waals surface area (Å²) in [6, 6.07) is 2.10. The molecule has 4 fully saturated rings. The van der Waals surface area contributed by atoms with Crippen molar-refractivity contribution in [1.29, 1.82) is 5.26 Å². The maximum atomic E-state index is 12.9. The maximum absolute atomic E-state index is 12.9. The first-order valence-electron chi connectivity index (χ1n) is 7.83. The fraction of sp³-hybridized carbons (Fsp3) is 0.688. The molecule has 1 amide bonds. The van der Waals surface area contributed by atoms with Gasteiger partial charge in [-0.05, 0) is 56.3 Å². The number of hydrogen-bond acceptors (Lipinski definition) is 3. The predicted octanol–water partition coefficient (Wildman–Crippen LogP) is 2.45. The Morgan fingerprint density at radius 2 is 1.90 bits per heavy atom. The van der Waals surface area contributed by atoms with E-state index in [2.05, 4.69) is 16.5 Å². The molecule has 0 saturated heterocycles. The van der Waals surface area contributed by atoms with E-state index in [9.17, 15) is 4.79 Å². The van der Waals surface area contributed by atoms with Gasteiger partial charge in [0.2, 0.25) is 5.91 Å². The van der Waals surface area contributed by atoms with E-state index in [-0.39, 0.29) is 11.3 Å². The van der Waals surface area contributed by atoms with Crippen LogP contribution in [0.3, 0.4) is 0 Å². The van der Waals surface area contributed by atoms with Gasteiger partial charge in [0, 0.05) is 13.2 Å². The summed E-state index contributed by atoms with van der Waals surface area (Å²) in [5, 5.41) is 16.3. The monoisotopic (exact) mass is 284 g/mol. The first-order valence-corrected chi connectivity index (χ1v) is 7.83. The molecule has 4 saturated carbocycles. The van der Waals surface area contributed by atoms with Crippen molar-refractivity contribution in [2.75, 3.05) is 5.32 Å². The highest BCUT2D eigenvalue weighted by molar-refractivity contribution is 5.95. The molecule has 1 aromatic rings. The molecule has 0 unspecified atom stereocenters. The average Bonchev–Trinajstić information content (AvgIpc) is 2.77. The summed E-state index contributed by atoms with van der Waals surface area (Å²) >= 11 is 0. The second-order valence-electron chi connectivity index (χ2n) is 7.33. The third-order valence-corrected chi connectivity index (χ3v) is 5.70. The van der Waals surface area contributed by atoms with Crippen LogP contribution in [0.1, 0.15) is 44.1 Å². The Balaban J connectivity index is 1.59. The van der Waals surface area contributed by atoms with Crippen molar-refractivity contribution < 1.29 is 4.79 Å². The molecule has 1 aromatic heterocycles. The lowest BCUT2D eigenvalue weighted by Crippen LogP contribution is -2.51. The second kappa shape index (κ2) is 4.33. The van der Waals surface area contributed by atoms with Gasteiger partial charge in [-0.3, -0.25) is 9.48 Å². The van der Waals surface area contributed by atoms with Crippen LogP contribution in [-0.4, -0.2) is 15.7 Å². The van der Waals surface area contributed by atoms with Crippen molar-refractivity contribution in [3.63, 3.8) is 0 Å². The van der Waals surface area contributed by atoms with Crippen molar-refractivity contribution in [1.82, 2.24) is 9.78 Å². The Kier molecular flexibility index (Phi) is 2.66. The zero-order chi connectivity index (χ0) is 14.6. The van der Waals surface area contributed by atoms with Crippen LogP contribution in [0.15, 0.2) is 6.20 Å². The van der Waals surface area contributed by atoms with Gasteiger partial charge in [0.25, 0.3) is 0 Å². The molecule has 0 aliphatic heterocycles. The van der Waals surface area contributed by atoms with Gasteiger partial charge in [-0.15, -0.1) is 0 Å². The van der Waals surface area contributed by atoms with Crippen LogP contribution < -0.4 is 5.32 Å². The topological polar surface area (TPSA) is 70.7 Å². The fourth-order valence-electron chi connectivity index (χ4n) is 5.29. The summed E-state index contributed by atoms with van der Waals surface area (Å²) in [5.41, 5.74) is 0.245. The SMILES string of the molecule is Cn1cc(C#N)c(NC(=O)C23CC4CC(CC(C4)C2)C3)n1. The molecule has 4 aliphatic rings. The first-order chi connectivity index (χ1) is 10.1. The highest BCUT2D eigenvalue weighted by Crippen LogP contribution is 2.60. The average molecular weight is 284 g/mol. The Hall–Kier alpha value is -1.83. The molecule has 4 aliphatic carbocycles. The molecule has 0 atom stereocenters. The predicted molar refractivity (Wildman–Crippen MR) is 77.2 cm³/mol. The van der Waals surface area contributed by atoms with Gasteiger partial charge in [0.05, 0.1) is 5.41 Å². The van der Waals surface area contributed by atoms with E-state index < -0.39 is 0 Å². The van der Waals surface area contributed by atoms with Crippen LogP contribution in [0.2, 0.25) is 0 Å². The lowest BCUT2D eigenvalue weighted by atomic mass is 9.49. The van der Waals surface area contributed by atoms with Gasteiger partial charge < -0.3 is 5.32 Å². The normalized spacial score (nSPS) is 36.5. The summed E-state index contributed by atoms with van der Waals surface area (Å²) < 4.78 is 1.58. The molecular weight excluding hydrogens is 264 g/mol. The van der Waals surface area contributed by atoms with E-state index in [1.807, 2.05) is 0 Å². The first kappa shape index (κ1) is 12.9. The van der Waals surface area contributed by atoms with E-state index in [0.717, 1.165) is 37.0 Å². The molecule has 4 bridgehead atoms. The van der Waals surface area contributed by atoms with Gasteiger partial charge in [-0.25, -0.2) is 0 Å².